The predicted octanol–water partition coefficient (Wildman–Crippen LogP) is 2.39. The Kier molecular flexibility index (Phi) is 5.11. The quantitative estimate of drug-likeness (QED) is 0.616. The highest BCUT2D eigenvalue weighted by atomic mass is 32.2. The van der Waals surface area contributed by atoms with E-state index < -0.39 is 14.9 Å². The number of hydrogen-bond acceptors (Lipinski definition) is 6. The Morgan fingerprint density at radius 3 is 2.64 bits per heavy atom. The van der Waals surface area contributed by atoms with E-state index in [2.05, 4.69) is 5.32 Å². The minimum absolute atomic E-state index is 0.0359. The van der Waals surface area contributed by atoms with Crippen LogP contribution in [-0.4, -0.2) is 37.8 Å². The number of nitro groups is 1. The van der Waals surface area contributed by atoms with Crippen LogP contribution >= 0.6 is 11.3 Å². The predicted molar refractivity (Wildman–Crippen MR) is 85.7 cm³/mol. The number of sulfonamides is 1. The number of anilines is 1. The normalized spacial score (nSPS) is 11.5. The van der Waals surface area contributed by atoms with Crippen molar-refractivity contribution in [3.8, 4) is 0 Å². The molecule has 0 aliphatic carbocycles. The van der Waals surface area contributed by atoms with Gasteiger partial charge in [0.1, 0.15) is 9.90 Å². The Morgan fingerprint density at radius 1 is 1.27 bits per heavy atom. The van der Waals surface area contributed by atoms with Gasteiger partial charge < -0.3 is 5.32 Å². The standard InChI is InChI=1S/C13H15N3O4S2/c1-15(22(19,20)13-7-4-10-21-13)9-8-14-11-5-2-3-6-12(11)16(17)18/h2-7,10,14H,8-9H2,1H3. The molecule has 0 spiro atoms. The number of nitrogens with one attached hydrogen (secondary N) is 1. The molecule has 0 atom stereocenters. The summed E-state index contributed by atoms with van der Waals surface area (Å²) >= 11 is 1.16. The van der Waals surface area contributed by atoms with E-state index in [-0.39, 0.29) is 23.0 Å². The first kappa shape index (κ1) is 16.4. The maximum atomic E-state index is 12.2. The molecule has 0 radical (unpaired) electrons. The number of nitrogens with zero attached hydrogens (tertiary/aromatic N) is 2. The van der Waals surface area contributed by atoms with E-state index in [1.165, 1.54) is 17.4 Å². The summed E-state index contributed by atoms with van der Waals surface area (Å²) in [5.41, 5.74) is 0.334. The molecule has 118 valence electrons. The molecule has 0 unspecified atom stereocenters. The highest BCUT2D eigenvalue weighted by Gasteiger charge is 2.21. The molecule has 0 saturated carbocycles. The Labute approximate surface area is 132 Å². The summed E-state index contributed by atoms with van der Waals surface area (Å²) in [7, 11) is -2.02. The van der Waals surface area contributed by atoms with Crippen LogP contribution in [0.15, 0.2) is 46.0 Å². The topological polar surface area (TPSA) is 92.5 Å². The zero-order valence-corrected chi connectivity index (χ0v) is 13.4. The number of thiophene rings is 1. The van der Waals surface area contributed by atoms with E-state index in [1.807, 2.05) is 0 Å². The van der Waals surface area contributed by atoms with Crippen molar-refractivity contribution in [2.45, 2.75) is 4.21 Å². The van der Waals surface area contributed by atoms with Gasteiger partial charge in [-0.1, -0.05) is 18.2 Å². The highest BCUT2D eigenvalue weighted by molar-refractivity contribution is 7.91. The lowest BCUT2D eigenvalue weighted by molar-refractivity contribution is -0.384. The fourth-order valence-electron chi connectivity index (χ4n) is 1.81. The average molecular weight is 341 g/mol. The van der Waals surface area contributed by atoms with Crippen molar-refractivity contribution in [3.63, 3.8) is 0 Å². The molecule has 0 aliphatic heterocycles. The van der Waals surface area contributed by atoms with Crippen LogP contribution in [0.5, 0.6) is 0 Å². The molecule has 2 rings (SSSR count). The van der Waals surface area contributed by atoms with Crippen LogP contribution in [-0.2, 0) is 10.0 Å². The molecule has 2 aromatic rings. The summed E-state index contributed by atoms with van der Waals surface area (Å²) in [5, 5.41) is 15.5. The molecule has 9 heteroatoms. The van der Waals surface area contributed by atoms with Crippen LogP contribution in [0.2, 0.25) is 0 Å². The highest BCUT2D eigenvalue weighted by Crippen LogP contribution is 2.23. The van der Waals surface area contributed by atoms with Gasteiger partial charge in [0.25, 0.3) is 15.7 Å². The molecule has 1 N–H and O–H groups in total. The first-order valence-electron chi connectivity index (χ1n) is 6.40. The molecule has 0 bridgehead atoms. The van der Waals surface area contributed by atoms with Crippen molar-refractivity contribution in [3.05, 3.63) is 51.9 Å². The third-order valence-electron chi connectivity index (χ3n) is 3.00. The fourth-order valence-corrected chi connectivity index (χ4v) is 4.19. The number of benzene rings is 1. The van der Waals surface area contributed by atoms with E-state index in [4.69, 9.17) is 0 Å². The Hall–Kier alpha value is -1.97. The summed E-state index contributed by atoms with van der Waals surface area (Å²) in [6.07, 6.45) is 0. The van der Waals surface area contributed by atoms with Gasteiger partial charge in [0.2, 0.25) is 0 Å². The average Bonchev–Trinajstić information content (AvgIpc) is 3.02. The molecule has 0 aliphatic rings. The summed E-state index contributed by atoms with van der Waals surface area (Å²) < 4.78 is 25.9. The first-order valence-corrected chi connectivity index (χ1v) is 8.72. The lowest BCUT2D eigenvalue weighted by Gasteiger charge is -2.16. The van der Waals surface area contributed by atoms with Gasteiger partial charge in [-0.15, -0.1) is 11.3 Å². The van der Waals surface area contributed by atoms with E-state index in [0.29, 0.717) is 5.69 Å². The molecule has 1 aromatic carbocycles. The van der Waals surface area contributed by atoms with Crippen molar-refractivity contribution in [1.82, 2.24) is 4.31 Å². The van der Waals surface area contributed by atoms with E-state index in [9.17, 15) is 18.5 Å². The number of para-hydroxylation sites is 2. The third-order valence-corrected chi connectivity index (χ3v) is 6.23. The first-order chi connectivity index (χ1) is 10.4. The summed E-state index contributed by atoms with van der Waals surface area (Å²) in [5.74, 6) is 0. The van der Waals surface area contributed by atoms with E-state index in [1.54, 1.807) is 35.7 Å². The van der Waals surface area contributed by atoms with Crippen molar-refractivity contribution >= 4 is 32.7 Å². The van der Waals surface area contributed by atoms with Crippen LogP contribution < -0.4 is 5.32 Å². The third kappa shape index (κ3) is 3.62. The zero-order chi connectivity index (χ0) is 16.2. The number of hydrogen-bond donors (Lipinski definition) is 1. The van der Waals surface area contributed by atoms with Gasteiger partial charge in [0, 0.05) is 26.2 Å². The number of likely N-dealkylation sites (N-methyl/N-ethyl adjacent to an activating group) is 1. The molecule has 0 saturated heterocycles. The molecular formula is C13H15N3O4S2. The molecular weight excluding hydrogens is 326 g/mol. The van der Waals surface area contributed by atoms with Gasteiger partial charge in [-0.3, -0.25) is 10.1 Å². The second-order valence-electron chi connectivity index (χ2n) is 4.46. The van der Waals surface area contributed by atoms with Gasteiger partial charge in [-0.25, -0.2) is 8.42 Å². The zero-order valence-electron chi connectivity index (χ0n) is 11.8. The molecule has 7 nitrogen and oxygen atoms in total. The minimum Gasteiger partial charge on any atom is -0.378 e. The van der Waals surface area contributed by atoms with Gasteiger partial charge >= 0.3 is 0 Å². The maximum Gasteiger partial charge on any atom is 0.292 e. The van der Waals surface area contributed by atoms with E-state index >= 15 is 0 Å². The molecule has 0 amide bonds. The van der Waals surface area contributed by atoms with Crippen molar-refractivity contribution in [1.29, 1.82) is 0 Å². The van der Waals surface area contributed by atoms with Crippen LogP contribution in [0, 0.1) is 10.1 Å². The Morgan fingerprint density at radius 2 is 2.00 bits per heavy atom. The maximum absolute atomic E-state index is 12.2. The Balaban J connectivity index is 1.99. The fraction of sp³-hybridized carbons (Fsp3) is 0.231. The van der Waals surface area contributed by atoms with Gasteiger partial charge in [0.05, 0.1) is 4.92 Å². The Bertz CT molecular complexity index is 744. The second kappa shape index (κ2) is 6.86. The lowest BCUT2D eigenvalue weighted by atomic mass is 10.2. The summed E-state index contributed by atoms with van der Waals surface area (Å²) in [6.45, 7) is 0.470. The van der Waals surface area contributed by atoms with Crippen LogP contribution in [0.4, 0.5) is 11.4 Å². The summed E-state index contributed by atoms with van der Waals surface area (Å²) in [4.78, 5) is 10.4. The van der Waals surface area contributed by atoms with Crippen molar-refractivity contribution < 1.29 is 13.3 Å². The minimum atomic E-state index is -3.50. The SMILES string of the molecule is CN(CCNc1ccccc1[N+](=O)[O-])S(=O)(=O)c1cccs1. The van der Waals surface area contributed by atoms with Crippen molar-refractivity contribution in [2.24, 2.45) is 0 Å². The van der Waals surface area contributed by atoms with Gasteiger partial charge in [-0.2, -0.15) is 4.31 Å². The van der Waals surface area contributed by atoms with Gasteiger partial charge in [0.15, 0.2) is 0 Å². The van der Waals surface area contributed by atoms with Crippen LogP contribution in [0.3, 0.4) is 0 Å². The molecule has 22 heavy (non-hydrogen) atoms. The number of rotatable bonds is 7. The monoisotopic (exact) mass is 341 g/mol. The second-order valence-corrected chi connectivity index (χ2v) is 7.68. The lowest BCUT2D eigenvalue weighted by Crippen LogP contribution is -2.31. The van der Waals surface area contributed by atoms with Crippen LogP contribution in [0.25, 0.3) is 0 Å². The molecule has 1 aromatic heterocycles. The molecule has 0 fully saturated rings. The van der Waals surface area contributed by atoms with E-state index in [0.717, 1.165) is 11.3 Å². The largest absolute Gasteiger partial charge is 0.378 e. The van der Waals surface area contributed by atoms with Crippen LogP contribution in [0.1, 0.15) is 0 Å². The van der Waals surface area contributed by atoms with Crippen molar-refractivity contribution in [2.75, 3.05) is 25.5 Å². The summed E-state index contributed by atoms with van der Waals surface area (Å²) in [6, 6.07) is 9.47. The smallest absolute Gasteiger partial charge is 0.292 e. The molecule has 1 heterocycles. The van der Waals surface area contributed by atoms with Gasteiger partial charge in [-0.05, 0) is 17.5 Å². The number of nitro benzene ring substituents is 1.